The number of piperazine rings is 1. The third-order valence-corrected chi connectivity index (χ3v) is 7.85. The summed E-state index contributed by atoms with van der Waals surface area (Å²) >= 11 is 0. The van der Waals surface area contributed by atoms with Gasteiger partial charge in [-0.3, -0.25) is 14.8 Å². The summed E-state index contributed by atoms with van der Waals surface area (Å²) in [5, 5.41) is 9.41. The van der Waals surface area contributed by atoms with Gasteiger partial charge in [-0.05, 0) is 75.3 Å². The van der Waals surface area contributed by atoms with Gasteiger partial charge in [0.05, 0.1) is 5.69 Å². The first kappa shape index (κ1) is 24.9. The van der Waals surface area contributed by atoms with E-state index in [1.807, 2.05) is 12.1 Å². The normalized spacial score (nSPS) is 22.6. The summed E-state index contributed by atoms with van der Waals surface area (Å²) < 4.78 is 1.52. The highest BCUT2D eigenvalue weighted by Gasteiger charge is 2.30. The van der Waals surface area contributed by atoms with Gasteiger partial charge in [-0.25, -0.2) is 9.59 Å². The second-order valence-corrected chi connectivity index (χ2v) is 10.5. The van der Waals surface area contributed by atoms with Crippen molar-refractivity contribution in [1.29, 1.82) is 0 Å². The van der Waals surface area contributed by atoms with Crippen molar-refractivity contribution in [3.63, 3.8) is 0 Å². The van der Waals surface area contributed by atoms with Crippen molar-refractivity contribution in [2.45, 2.75) is 57.2 Å². The maximum Gasteiger partial charge on any atom is 0.354 e. The standard InChI is InChI=1S/C27H39N7O2/c1-28-22-6-10-23(11-7-22)33(18-20-2-3-20)19-21-4-8-24(9-5-21)34-15-12-25(31-27(34)36)30-26(35)32-16-13-29-14-17-32/h4-5,8-9,12,15,20,22-23,28-29H,2-3,6-7,10-11,13-14,16-19H2,1H3,(H,30,31,35,36)/t22-,23-. The molecule has 194 valence electrons. The lowest BCUT2D eigenvalue weighted by Crippen LogP contribution is -2.48. The van der Waals surface area contributed by atoms with Gasteiger partial charge in [-0.15, -0.1) is 0 Å². The van der Waals surface area contributed by atoms with Crippen LogP contribution in [-0.4, -0.2) is 77.2 Å². The van der Waals surface area contributed by atoms with Crippen LogP contribution in [0, 0.1) is 5.92 Å². The number of rotatable bonds is 8. The van der Waals surface area contributed by atoms with Gasteiger partial charge < -0.3 is 15.5 Å². The predicted octanol–water partition coefficient (Wildman–Crippen LogP) is 2.41. The van der Waals surface area contributed by atoms with Crippen LogP contribution >= 0.6 is 0 Å². The first-order valence-corrected chi connectivity index (χ1v) is 13.5. The zero-order valence-electron chi connectivity index (χ0n) is 21.3. The van der Waals surface area contributed by atoms with Crippen molar-refractivity contribution >= 4 is 11.8 Å². The number of nitrogens with one attached hydrogen (secondary N) is 3. The van der Waals surface area contributed by atoms with E-state index < -0.39 is 5.69 Å². The number of carbonyl (C=O) groups excluding carboxylic acids is 1. The second kappa shape index (κ2) is 11.5. The van der Waals surface area contributed by atoms with Gasteiger partial charge in [-0.1, -0.05) is 12.1 Å². The molecule has 1 aromatic carbocycles. The Bertz CT molecular complexity index is 1070. The van der Waals surface area contributed by atoms with Crippen molar-refractivity contribution < 1.29 is 4.79 Å². The largest absolute Gasteiger partial charge is 0.354 e. The van der Waals surface area contributed by atoms with Crippen LogP contribution in [0.3, 0.4) is 0 Å². The lowest BCUT2D eigenvalue weighted by molar-refractivity contribution is 0.131. The minimum absolute atomic E-state index is 0.222. The Morgan fingerprint density at radius 1 is 1.06 bits per heavy atom. The Labute approximate surface area is 213 Å². The van der Waals surface area contributed by atoms with Crippen LogP contribution in [0.5, 0.6) is 0 Å². The van der Waals surface area contributed by atoms with Crippen molar-refractivity contribution in [1.82, 2.24) is 30.0 Å². The molecule has 5 rings (SSSR count). The molecule has 3 aliphatic rings. The number of carbonyl (C=O) groups is 1. The Morgan fingerprint density at radius 3 is 2.42 bits per heavy atom. The third-order valence-electron chi connectivity index (χ3n) is 7.85. The maximum absolute atomic E-state index is 12.7. The van der Waals surface area contributed by atoms with Crippen LogP contribution in [0.2, 0.25) is 0 Å². The van der Waals surface area contributed by atoms with Crippen molar-refractivity contribution in [2.24, 2.45) is 5.92 Å². The lowest BCUT2D eigenvalue weighted by Gasteiger charge is -2.37. The summed E-state index contributed by atoms with van der Waals surface area (Å²) in [4.78, 5) is 33.6. The van der Waals surface area contributed by atoms with Gasteiger partial charge in [0.2, 0.25) is 0 Å². The molecule has 1 aromatic heterocycles. The number of anilines is 1. The van der Waals surface area contributed by atoms with Gasteiger partial charge >= 0.3 is 11.7 Å². The smallest absolute Gasteiger partial charge is 0.322 e. The average molecular weight is 494 g/mol. The molecule has 0 radical (unpaired) electrons. The van der Waals surface area contributed by atoms with E-state index in [9.17, 15) is 9.59 Å². The molecular weight excluding hydrogens is 454 g/mol. The van der Waals surface area contributed by atoms with Crippen LogP contribution < -0.4 is 21.6 Å². The highest BCUT2D eigenvalue weighted by molar-refractivity contribution is 5.88. The van der Waals surface area contributed by atoms with E-state index in [-0.39, 0.29) is 11.8 Å². The van der Waals surface area contributed by atoms with Crippen LogP contribution in [0.1, 0.15) is 44.1 Å². The molecule has 2 amide bonds. The van der Waals surface area contributed by atoms with Crippen molar-refractivity contribution in [3.8, 4) is 5.69 Å². The Morgan fingerprint density at radius 2 is 1.78 bits per heavy atom. The molecule has 36 heavy (non-hydrogen) atoms. The SMILES string of the molecule is CN[C@H]1CC[C@H](N(Cc2ccc(-n3ccc(NC(=O)N4CCNCC4)nc3=O)cc2)CC2CC2)CC1. The van der Waals surface area contributed by atoms with E-state index in [2.05, 4.69) is 45.0 Å². The molecule has 9 heteroatoms. The van der Waals surface area contributed by atoms with E-state index in [1.54, 1.807) is 17.2 Å². The van der Waals surface area contributed by atoms with E-state index in [4.69, 9.17) is 0 Å². The number of hydrogen-bond donors (Lipinski definition) is 3. The fraction of sp³-hybridized carbons (Fsp3) is 0.593. The summed E-state index contributed by atoms with van der Waals surface area (Å²) in [5.74, 6) is 1.14. The molecule has 3 N–H and O–H groups in total. The zero-order valence-corrected chi connectivity index (χ0v) is 21.3. The number of benzene rings is 1. The Balaban J connectivity index is 1.22. The van der Waals surface area contributed by atoms with Gasteiger partial charge in [0.25, 0.3) is 0 Å². The monoisotopic (exact) mass is 493 g/mol. The molecule has 1 saturated heterocycles. The minimum Gasteiger partial charge on any atom is -0.322 e. The molecule has 0 spiro atoms. The molecule has 0 unspecified atom stereocenters. The topological polar surface area (TPSA) is 94.5 Å². The van der Waals surface area contributed by atoms with Gasteiger partial charge in [0, 0.05) is 57.5 Å². The Kier molecular flexibility index (Phi) is 7.99. The van der Waals surface area contributed by atoms with E-state index >= 15 is 0 Å². The summed E-state index contributed by atoms with van der Waals surface area (Å²) in [5.41, 5.74) is 1.65. The fourth-order valence-electron chi connectivity index (χ4n) is 5.43. The summed E-state index contributed by atoms with van der Waals surface area (Å²) in [7, 11) is 2.08. The quantitative estimate of drug-likeness (QED) is 0.523. The highest BCUT2D eigenvalue weighted by atomic mass is 16.2. The molecular formula is C27H39N7O2. The molecule has 0 atom stereocenters. The molecule has 2 aliphatic carbocycles. The van der Waals surface area contributed by atoms with Crippen molar-refractivity contribution in [3.05, 3.63) is 52.6 Å². The summed E-state index contributed by atoms with van der Waals surface area (Å²) in [6.45, 7) is 4.98. The second-order valence-electron chi connectivity index (χ2n) is 10.5. The zero-order chi connectivity index (χ0) is 24.9. The highest BCUT2D eigenvalue weighted by Crippen LogP contribution is 2.33. The van der Waals surface area contributed by atoms with Crippen LogP contribution in [0.4, 0.5) is 10.6 Å². The average Bonchev–Trinajstić information content (AvgIpc) is 3.74. The maximum atomic E-state index is 12.7. The van der Waals surface area contributed by atoms with Gasteiger partial charge in [-0.2, -0.15) is 4.98 Å². The predicted molar refractivity (Wildman–Crippen MR) is 142 cm³/mol. The summed E-state index contributed by atoms with van der Waals surface area (Å²) in [6, 6.07) is 11.0. The molecule has 2 aromatic rings. The number of aromatic nitrogens is 2. The molecule has 2 heterocycles. The lowest BCUT2D eigenvalue weighted by atomic mass is 9.90. The third kappa shape index (κ3) is 6.32. The van der Waals surface area contributed by atoms with Gasteiger partial charge in [0.1, 0.15) is 5.82 Å². The molecule has 2 saturated carbocycles. The van der Waals surface area contributed by atoms with E-state index in [0.29, 0.717) is 25.2 Å². The molecule has 9 nitrogen and oxygen atoms in total. The van der Waals surface area contributed by atoms with E-state index in [1.165, 1.54) is 55.2 Å². The Hall–Kier alpha value is -2.75. The number of hydrogen-bond acceptors (Lipinski definition) is 6. The van der Waals surface area contributed by atoms with Crippen LogP contribution in [0.25, 0.3) is 5.69 Å². The van der Waals surface area contributed by atoms with Crippen LogP contribution in [-0.2, 0) is 6.54 Å². The molecule has 3 fully saturated rings. The number of amides is 2. The van der Waals surface area contributed by atoms with Crippen LogP contribution in [0.15, 0.2) is 41.3 Å². The summed E-state index contributed by atoms with van der Waals surface area (Å²) in [6.07, 6.45) is 9.43. The van der Waals surface area contributed by atoms with Gasteiger partial charge in [0.15, 0.2) is 0 Å². The molecule has 0 bridgehead atoms. The minimum atomic E-state index is -0.405. The molecule has 1 aliphatic heterocycles. The first-order chi connectivity index (χ1) is 17.6. The van der Waals surface area contributed by atoms with Crippen molar-refractivity contribution in [2.75, 3.05) is 45.1 Å². The number of urea groups is 1. The number of nitrogens with zero attached hydrogens (tertiary/aromatic N) is 4. The van der Waals surface area contributed by atoms with E-state index in [0.717, 1.165) is 31.2 Å². The first-order valence-electron chi connectivity index (χ1n) is 13.5. The fourth-order valence-corrected chi connectivity index (χ4v) is 5.43.